The number of hydrogen-bond donors (Lipinski definition) is 1. The summed E-state index contributed by atoms with van der Waals surface area (Å²) in [5, 5.41) is 18.4. The van der Waals surface area contributed by atoms with E-state index in [2.05, 4.69) is 10.4 Å². The van der Waals surface area contributed by atoms with Crippen LogP contribution in [0.15, 0.2) is 0 Å². The predicted molar refractivity (Wildman–Crippen MR) is 78.3 cm³/mol. The molecule has 0 aromatic carbocycles. The van der Waals surface area contributed by atoms with E-state index in [4.69, 9.17) is 4.74 Å². The molecule has 0 fully saturated rings. The summed E-state index contributed by atoms with van der Waals surface area (Å²) < 4.78 is 6.27. The molecule has 0 aliphatic rings. The molecular formula is C13H22N4O4. The van der Waals surface area contributed by atoms with E-state index in [0.717, 1.165) is 0 Å². The number of rotatable bonds is 6. The van der Waals surface area contributed by atoms with Gasteiger partial charge in [0.15, 0.2) is 0 Å². The number of aromatic nitrogens is 2. The fraction of sp³-hybridized carbons (Fsp3) is 0.692. The minimum absolute atomic E-state index is 0.0784. The molecule has 1 atom stereocenters. The van der Waals surface area contributed by atoms with Crippen LogP contribution in [0, 0.1) is 23.0 Å². The lowest BCUT2D eigenvalue weighted by molar-refractivity contribution is -0.384. The fourth-order valence-electron chi connectivity index (χ4n) is 2.04. The molecule has 8 nitrogen and oxygen atoms in total. The summed E-state index contributed by atoms with van der Waals surface area (Å²) in [5.74, 6) is -0.321. The molecule has 118 valence electrons. The van der Waals surface area contributed by atoms with Crippen molar-refractivity contribution in [3.63, 3.8) is 0 Å². The van der Waals surface area contributed by atoms with Crippen molar-refractivity contribution in [1.82, 2.24) is 9.78 Å². The molecule has 1 N–H and O–H groups in total. The van der Waals surface area contributed by atoms with Gasteiger partial charge in [-0.25, -0.2) is 9.48 Å². The molecule has 0 saturated heterocycles. The quantitative estimate of drug-likeness (QED) is 0.491. The number of nitrogens with zero attached hydrogens (tertiary/aromatic N) is 3. The van der Waals surface area contributed by atoms with Crippen molar-refractivity contribution in [3.8, 4) is 0 Å². The molecule has 0 spiro atoms. The molecule has 1 rings (SSSR count). The summed E-state index contributed by atoms with van der Waals surface area (Å²) >= 11 is 0. The maximum absolute atomic E-state index is 11.8. The van der Waals surface area contributed by atoms with Crippen molar-refractivity contribution >= 4 is 17.5 Å². The molecule has 21 heavy (non-hydrogen) atoms. The monoisotopic (exact) mass is 298 g/mol. The van der Waals surface area contributed by atoms with E-state index in [0.29, 0.717) is 5.69 Å². The lowest BCUT2D eigenvalue weighted by Crippen LogP contribution is -2.36. The molecule has 0 aliphatic heterocycles. The normalized spacial score (nSPS) is 12.6. The first kappa shape index (κ1) is 16.9. The van der Waals surface area contributed by atoms with Gasteiger partial charge < -0.3 is 10.1 Å². The average Bonchev–Trinajstić information content (AvgIpc) is 2.71. The number of esters is 1. The van der Waals surface area contributed by atoms with E-state index in [-0.39, 0.29) is 23.5 Å². The Bertz CT molecular complexity index is 537. The SMILES string of the molecule is COC(=O)C(Nc1c([N+](=O)[O-])c(C)nn1C(C)C)C(C)C. The molecule has 0 saturated carbocycles. The number of ether oxygens (including phenoxy) is 1. The Labute approximate surface area is 123 Å². The van der Waals surface area contributed by atoms with Gasteiger partial charge >= 0.3 is 11.7 Å². The van der Waals surface area contributed by atoms with Crippen LogP contribution in [0.3, 0.4) is 0 Å². The third-order valence-electron chi connectivity index (χ3n) is 3.14. The van der Waals surface area contributed by atoms with Crippen molar-refractivity contribution in [2.75, 3.05) is 12.4 Å². The van der Waals surface area contributed by atoms with Gasteiger partial charge in [0.05, 0.1) is 12.0 Å². The summed E-state index contributed by atoms with van der Waals surface area (Å²) in [6.45, 7) is 8.98. The first-order valence-electron chi connectivity index (χ1n) is 6.78. The first-order valence-corrected chi connectivity index (χ1v) is 6.78. The largest absolute Gasteiger partial charge is 0.467 e. The molecule has 1 aromatic rings. The molecule has 1 aromatic heterocycles. The van der Waals surface area contributed by atoms with Crippen LogP contribution in [0.1, 0.15) is 39.4 Å². The van der Waals surface area contributed by atoms with Crippen LogP contribution in [-0.4, -0.2) is 33.8 Å². The van der Waals surface area contributed by atoms with Gasteiger partial charge in [-0.15, -0.1) is 0 Å². The highest BCUT2D eigenvalue weighted by molar-refractivity contribution is 5.80. The first-order chi connectivity index (χ1) is 9.70. The number of carbonyl (C=O) groups excluding carboxylic acids is 1. The standard InChI is InChI=1S/C13H22N4O4/c1-7(2)10(13(18)21-6)14-12-11(17(19)20)9(5)15-16(12)8(3)4/h7-8,10,14H,1-6H3. The lowest BCUT2D eigenvalue weighted by Gasteiger charge is -2.21. The van der Waals surface area contributed by atoms with Crippen molar-refractivity contribution in [1.29, 1.82) is 0 Å². The van der Waals surface area contributed by atoms with E-state index in [1.165, 1.54) is 11.8 Å². The molecular weight excluding hydrogens is 276 g/mol. The third kappa shape index (κ3) is 3.50. The lowest BCUT2D eigenvalue weighted by atomic mass is 10.0. The summed E-state index contributed by atoms with van der Waals surface area (Å²) in [7, 11) is 1.29. The van der Waals surface area contributed by atoms with Gasteiger partial charge in [0, 0.05) is 6.04 Å². The Morgan fingerprint density at radius 1 is 1.38 bits per heavy atom. The fourth-order valence-corrected chi connectivity index (χ4v) is 2.04. The van der Waals surface area contributed by atoms with Crippen LogP contribution in [-0.2, 0) is 9.53 Å². The second-order valence-electron chi connectivity index (χ2n) is 5.47. The zero-order chi connectivity index (χ0) is 16.3. The van der Waals surface area contributed by atoms with Crippen LogP contribution in [0.25, 0.3) is 0 Å². The topological polar surface area (TPSA) is 99.3 Å². The van der Waals surface area contributed by atoms with Gasteiger partial charge in [0.2, 0.25) is 5.82 Å². The third-order valence-corrected chi connectivity index (χ3v) is 3.14. The number of hydrogen-bond acceptors (Lipinski definition) is 6. The number of methoxy groups -OCH3 is 1. The zero-order valence-electron chi connectivity index (χ0n) is 13.2. The van der Waals surface area contributed by atoms with Gasteiger partial charge in [0.1, 0.15) is 11.7 Å². The van der Waals surface area contributed by atoms with E-state index in [9.17, 15) is 14.9 Å². The molecule has 1 heterocycles. The van der Waals surface area contributed by atoms with Gasteiger partial charge in [-0.1, -0.05) is 13.8 Å². The Morgan fingerprint density at radius 3 is 2.33 bits per heavy atom. The second-order valence-corrected chi connectivity index (χ2v) is 5.47. The molecule has 0 bridgehead atoms. The minimum Gasteiger partial charge on any atom is -0.467 e. The van der Waals surface area contributed by atoms with Crippen LogP contribution < -0.4 is 5.32 Å². The maximum atomic E-state index is 11.8. The Morgan fingerprint density at radius 2 is 1.95 bits per heavy atom. The van der Waals surface area contributed by atoms with Gasteiger partial charge in [0.25, 0.3) is 0 Å². The Balaban J connectivity index is 3.32. The van der Waals surface area contributed by atoms with Crippen molar-refractivity contribution < 1.29 is 14.5 Å². The van der Waals surface area contributed by atoms with E-state index in [1.54, 1.807) is 6.92 Å². The van der Waals surface area contributed by atoms with Gasteiger partial charge in [-0.2, -0.15) is 5.10 Å². The number of carbonyl (C=O) groups is 1. The summed E-state index contributed by atoms with van der Waals surface area (Å²) in [4.78, 5) is 22.6. The van der Waals surface area contributed by atoms with Gasteiger partial charge in [-0.05, 0) is 26.7 Å². The van der Waals surface area contributed by atoms with Crippen molar-refractivity contribution in [2.45, 2.75) is 46.7 Å². The predicted octanol–water partition coefficient (Wildman–Crippen LogP) is 2.29. The zero-order valence-corrected chi connectivity index (χ0v) is 13.2. The number of aryl methyl sites for hydroxylation is 1. The minimum atomic E-state index is -0.678. The van der Waals surface area contributed by atoms with Gasteiger partial charge in [-0.3, -0.25) is 10.1 Å². The summed E-state index contributed by atoms with van der Waals surface area (Å²) in [6.07, 6.45) is 0. The molecule has 8 heteroatoms. The highest BCUT2D eigenvalue weighted by Gasteiger charge is 2.32. The summed E-state index contributed by atoms with van der Waals surface area (Å²) in [6, 6.07) is -0.757. The number of anilines is 1. The Hall–Kier alpha value is -2.12. The molecule has 0 radical (unpaired) electrons. The summed E-state index contributed by atoms with van der Waals surface area (Å²) in [5.41, 5.74) is 0.196. The van der Waals surface area contributed by atoms with E-state index in [1.807, 2.05) is 27.7 Å². The maximum Gasteiger partial charge on any atom is 0.333 e. The molecule has 1 unspecified atom stereocenters. The van der Waals surface area contributed by atoms with Crippen LogP contribution in [0.4, 0.5) is 11.5 Å². The highest BCUT2D eigenvalue weighted by Crippen LogP contribution is 2.31. The van der Waals surface area contributed by atoms with Crippen LogP contribution >= 0.6 is 0 Å². The molecule has 0 amide bonds. The van der Waals surface area contributed by atoms with Crippen molar-refractivity contribution in [2.24, 2.45) is 5.92 Å². The number of nitrogens with one attached hydrogen (secondary N) is 1. The van der Waals surface area contributed by atoms with E-state index < -0.39 is 16.9 Å². The number of nitro groups is 1. The van der Waals surface area contributed by atoms with E-state index >= 15 is 0 Å². The smallest absolute Gasteiger partial charge is 0.333 e. The van der Waals surface area contributed by atoms with Crippen LogP contribution in [0.5, 0.6) is 0 Å². The average molecular weight is 298 g/mol. The van der Waals surface area contributed by atoms with Crippen LogP contribution in [0.2, 0.25) is 0 Å². The van der Waals surface area contributed by atoms with Crippen molar-refractivity contribution in [3.05, 3.63) is 15.8 Å². The Kier molecular flexibility index (Phi) is 5.28. The molecule has 0 aliphatic carbocycles. The second kappa shape index (κ2) is 6.55. The highest BCUT2D eigenvalue weighted by atomic mass is 16.6.